The molecule has 0 heterocycles. The third-order valence-electron chi connectivity index (χ3n) is 2.54. The molecule has 1 rings (SSSR count). The summed E-state index contributed by atoms with van der Waals surface area (Å²) in [5.41, 5.74) is 0.840. The molecule has 0 saturated heterocycles. The van der Waals surface area contributed by atoms with E-state index in [1.165, 1.54) is 12.1 Å². The second-order valence-corrected chi connectivity index (χ2v) is 3.84. The maximum Gasteiger partial charge on any atom is 0.304 e. The van der Waals surface area contributed by atoms with Gasteiger partial charge in [-0.15, -0.1) is 0 Å². The first-order valence-electron chi connectivity index (χ1n) is 5.48. The zero-order chi connectivity index (χ0) is 12.8. The largest absolute Gasteiger partial charge is 0.504 e. The fourth-order valence-corrected chi connectivity index (χ4v) is 1.53. The molecule has 94 valence electrons. The van der Waals surface area contributed by atoms with E-state index in [2.05, 4.69) is 0 Å². The maximum absolute atomic E-state index is 10.5. The molecule has 5 heteroatoms. The third kappa shape index (κ3) is 4.32. The zero-order valence-electron chi connectivity index (χ0n) is 9.76. The number of nitrogens with zero attached hydrogens (tertiary/aromatic N) is 1. The minimum absolute atomic E-state index is 0.0951. The third-order valence-corrected chi connectivity index (χ3v) is 2.54. The van der Waals surface area contributed by atoms with E-state index in [4.69, 9.17) is 10.2 Å². The molecule has 0 fully saturated rings. The van der Waals surface area contributed by atoms with Crippen LogP contribution in [0.25, 0.3) is 0 Å². The predicted octanol–water partition coefficient (Wildman–Crippen LogP) is 1.39. The molecule has 0 spiro atoms. The first kappa shape index (κ1) is 13.3. The van der Waals surface area contributed by atoms with Crippen LogP contribution < -0.4 is 0 Å². The first-order valence-corrected chi connectivity index (χ1v) is 5.48. The summed E-state index contributed by atoms with van der Waals surface area (Å²) in [6.45, 7) is 3.70. The fourth-order valence-electron chi connectivity index (χ4n) is 1.53. The number of aromatic hydroxyl groups is 2. The van der Waals surface area contributed by atoms with Crippen molar-refractivity contribution >= 4 is 5.97 Å². The van der Waals surface area contributed by atoms with Crippen molar-refractivity contribution in [2.75, 3.05) is 13.1 Å². The highest BCUT2D eigenvalue weighted by Crippen LogP contribution is 2.25. The van der Waals surface area contributed by atoms with Crippen molar-refractivity contribution in [1.29, 1.82) is 0 Å². The lowest BCUT2D eigenvalue weighted by Crippen LogP contribution is -2.25. The Hall–Kier alpha value is -1.75. The molecule has 1 aromatic carbocycles. The van der Waals surface area contributed by atoms with Crippen LogP contribution in [0.3, 0.4) is 0 Å². The molecule has 0 aromatic heterocycles. The number of benzene rings is 1. The minimum Gasteiger partial charge on any atom is -0.504 e. The van der Waals surface area contributed by atoms with Crippen LogP contribution in [-0.4, -0.2) is 39.3 Å². The van der Waals surface area contributed by atoms with Crippen molar-refractivity contribution in [3.8, 4) is 11.5 Å². The second-order valence-electron chi connectivity index (χ2n) is 3.84. The molecule has 0 atom stereocenters. The van der Waals surface area contributed by atoms with Gasteiger partial charge in [-0.05, 0) is 24.2 Å². The Morgan fingerprint density at radius 2 is 2.00 bits per heavy atom. The fraction of sp³-hybridized carbons (Fsp3) is 0.417. The Balaban J connectivity index is 2.60. The van der Waals surface area contributed by atoms with E-state index in [0.717, 1.165) is 12.1 Å². The molecule has 0 aliphatic heterocycles. The van der Waals surface area contributed by atoms with E-state index in [0.29, 0.717) is 13.1 Å². The lowest BCUT2D eigenvalue weighted by molar-refractivity contribution is -0.137. The average Bonchev–Trinajstić information content (AvgIpc) is 2.28. The number of aliphatic carboxylic acids is 1. The Kier molecular flexibility index (Phi) is 4.78. The van der Waals surface area contributed by atoms with E-state index in [-0.39, 0.29) is 17.9 Å². The first-order chi connectivity index (χ1) is 8.02. The van der Waals surface area contributed by atoms with Crippen molar-refractivity contribution < 1.29 is 20.1 Å². The normalized spacial score (nSPS) is 10.7. The summed E-state index contributed by atoms with van der Waals surface area (Å²) in [5, 5.41) is 27.1. The van der Waals surface area contributed by atoms with Crippen LogP contribution in [-0.2, 0) is 11.3 Å². The SMILES string of the molecule is CCN(CCC(=O)O)Cc1ccc(O)c(O)c1. The smallest absolute Gasteiger partial charge is 0.304 e. The summed E-state index contributed by atoms with van der Waals surface area (Å²) in [6, 6.07) is 4.62. The lowest BCUT2D eigenvalue weighted by atomic mass is 10.2. The van der Waals surface area contributed by atoms with E-state index < -0.39 is 5.97 Å². The van der Waals surface area contributed by atoms with Crippen LogP contribution in [0.15, 0.2) is 18.2 Å². The molecule has 0 aliphatic rings. The number of hydrogen-bond donors (Lipinski definition) is 3. The summed E-state index contributed by atoms with van der Waals surface area (Å²) in [4.78, 5) is 12.4. The number of rotatable bonds is 6. The second kappa shape index (κ2) is 6.10. The topological polar surface area (TPSA) is 81.0 Å². The van der Waals surface area contributed by atoms with Gasteiger partial charge in [0, 0.05) is 13.1 Å². The van der Waals surface area contributed by atoms with Gasteiger partial charge in [-0.2, -0.15) is 0 Å². The Labute approximate surface area is 99.9 Å². The van der Waals surface area contributed by atoms with Gasteiger partial charge in [-0.3, -0.25) is 9.69 Å². The lowest BCUT2D eigenvalue weighted by Gasteiger charge is -2.19. The van der Waals surface area contributed by atoms with Crippen LogP contribution in [0.1, 0.15) is 18.9 Å². The highest BCUT2D eigenvalue weighted by molar-refractivity contribution is 5.66. The Morgan fingerprint density at radius 1 is 1.29 bits per heavy atom. The number of carboxylic acid groups (broad SMARTS) is 1. The standard InChI is InChI=1S/C12H17NO4/c1-2-13(6-5-12(16)17)8-9-3-4-10(14)11(15)7-9/h3-4,7,14-15H,2,5-6,8H2,1H3,(H,16,17). The van der Waals surface area contributed by atoms with Crippen molar-refractivity contribution in [3.05, 3.63) is 23.8 Å². The number of hydrogen-bond acceptors (Lipinski definition) is 4. The van der Waals surface area contributed by atoms with Gasteiger partial charge in [-0.25, -0.2) is 0 Å². The van der Waals surface area contributed by atoms with Crippen LogP contribution in [0.2, 0.25) is 0 Å². The molecular weight excluding hydrogens is 222 g/mol. The molecule has 0 radical (unpaired) electrons. The van der Waals surface area contributed by atoms with E-state index >= 15 is 0 Å². The summed E-state index contributed by atoms with van der Waals surface area (Å²) < 4.78 is 0. The van der Waals surface area contributed by atoms with Crippen LogP contribution >= 0.6 is 0 Å². The maximum atomic E-state index is 10.5. The summed E-state index contributed by atoms with van der Waals surface area (Å²) in [7, 11) is 0. The van der Waals surface area contributed by atoms with Gasteiger partial charge in [0.05, 0.1) is 6.42 Å². The van der Waals surface area contributed by atoms with Gasteiger partial charge < -0.3 is 15.3 Å². The highest BCUT2D eigenvalue weighted by atomic mass is 16.4. The summed E-state index contributed by atoms with van der Waals surface area (Å²) in [6.07, 6.45) is 0.0951. The molecule has 3 N–H and O–H groups in total. The van der Waals surface area contributed by atoms with Crippen molar-refractivity contribution in [3.63, 3.8) is 0 Å². The van der Waals surface area contributed by atoms with E-state index in [1.54, 1.807) is 6.07 Å². The molecule has 0 saturated carbocycles. The quantitative estimate of drug-likeness (QED) is 0.654. The van der Waals surface area contributed by atoms with Crippen molar-refractivity contribution in [2.24, 2.45) is 0 Å². The zero-order valence-corrected chi connectivity index (χ0v) is 9.76. The molecule has 5 nitrogen and oxygen atoms in total. The van der Waals surface area contributed by atoms with Gasteiger partial charge in [0.2, 0.25) is 0 Å². The van der Waals surface area contributed by atoms with Gasteiger partial charge in [0.15, 0.2) is 11.5 Å². The highest BCUT2D eigenvalue weighted by Gasteiger charge is 2.08. The number of phenols is 2. The molecular formula is C12H17NO4. The molecule has 0 unspecified atom stereocenters. The molecule has 0 bridgehead atoms. The van der Waals surface area contributed by atoms with E-state index in [9.17, 15) is 9.90 Å². The molecule has 17 heavy (non-hydrogen) atoms. The number of carbonyl (C=O) groups is 1. The minimum atomic E-state index is -0.822. The van der Waals surface area contributed by atoms with E-state index in [1.807, 2.05) is 11.8 Å². The van der Waals surface area contributed by atoms with Gasteiger partial charge in [0.1, 0.15) is 0 Å². The summed E-state index contributed by atoms with van der Waals surface area (Å²) >= 11 is 0. The van der Waals surface area contributed by atoms with Crippen LogP contribution in [0.5, 0.6) is 11.5 Å². The van der Waals surface area contributed by atoms with Crippen LogP contribution in [0, 0.1) is 0 Å². The number of carboxylic acids is 1. The number of phenolic OH excluding ortho intramolecular Hbond substituents is 2. The van der Waals surface area contributed by atoms with Crippen molar-refractivity contribution in [2.45, 2.75) is 19.9 Å². The molecule has 1 aromatic rings. The molecule has 0 aliphatic carbocycles. The van der Waals surface area contributed by atoms with Gasteiger partial charge in [0.25, 0.3) is 0 Å². The Morgan fingerprint density at radius 3 is 2.53 bits per heavy atom. The molecule has 0 amide bonds. The predicted molar refractivity (Wildman–Crippen MR) is 63.0 cm³/mol. The van der Waals surface area contributed by atoms with Crippen molar-refractivity contribution in [1.82, 2.24) is 4.90 Å². The van der Waals surface area contributed by atoms with Gasteiger partial charge in [-0.1, -0.05) is 13.0 Å². The van der Waals surface area contributed by atoms with Gasteiger partial charge >= 0.3 is 5.97 Å². The summed E-state index contributed by atoms with van der Waals surface area (Å²) in [5.74, 6) is -1.13. The Bertz CT molecular complexity index is 392. The van der Waals surface area contributed by atoms with Crippen LogP contribution in [0.4, 0.5) is 0 Å². The monoisotopic (exact) mass is 239 g/mol. The average molecular weight is 239 g/mol.